The van der Waals surface area contributed by atoms with Crippen LogP contribution >= 0.6 is 0 Å². The van der Waals surface area contributed by atoms with E-state index in [0.29, 0.717) is 18.4 Å². The Hall–Kier alpha value is -3.15. The molecule has 2 fully saturated rings. The van der Waals surface area contributed by atoms with Gasteiger partial charge in [-0.1, -0.05) is 36.4 Å². The molecule has 6 heteroatoms. The predicted octanol–water partition coefficient (Wildman–Crippen LogP) is 3.21. The van der Waals surface area contributed by atoms with Crippen LogP contribution in [0.3, 0.4) is 0 Å². The molecular weight excluding hydrogens is 376 g/mol. The Morgan fingerprint density at radius 1 is 1.07 bits per heavy atom. The summed E-state index contributed by atoms with van der Waals surface area (Å²) >= 11 is 0. The molecule has 0 radical (unpaired) electrons. The fourth-order valence-electron chi connectivity index (χ4n) is 5.07. The van der Waals surface area contributed by atoms with E-state index >= 15 is 0 Å². The van der Waals surface area contributed by atoms with Crippen molar-refractivity contribution in [2.75, 3.05) is 31.1 Å². The highest BCUT2D eigenvalue weighted by Crippen LogP contribution is 2.47. The zero-order valence-corrected chi connectivity index (χ0v) is 17.0. The van der Waals surface area contributed by atoms with Crippen LogP contribution in [0.5, 0.6) is 0 Å². The molecule has 2 aliphatic heterocycles. The number of aromatic nitrogens is 2. The van der Waals surface area contributed by atoms with Crippen LogP contribution in [-0.2, 0) is 17.6 Å². The number of oxazole rings is 1. The maximum absolute atomic E-state index is 13.0. The van der Waals surface area contributed by atoms with E-state index in [1.54, 1.807) is 24.9 Å². The third kappa shape index (κ3) is 3.70. The molecule has 30 heavy (non-hydrogen) atoms. The molecule has 5 rings (SSSR count). The number of carbonyl (C=O) groups is 1. The topological polar surface area (TPSA) is 62.5 Å². The van der Waals surface area contributed by atoms with Gasteiger partial charge in [-0.25, -0.2) is 4.98 Å². The summed E-state index contributed by atoms with van der Waals surface area (Å²) in [5.74, 6) is 0.616. The first-order valence-electron chi connectivity index (χ1n) is 10.6. The minimum atomic E-state index is 0.0644. The number of hydrogen-bond acceptors (Lipinski definition) is 5. The van der Waals surface area contributed by atoms with E-state index in [9.17, 15) is 4.79 Å². The minimum Gasteiger partial charge on any atom is -0.432 e. The Labute approximate surface area is 176 Å². The first-order chi connectivity index (χ1) is 14.7. The molecule has 0 unspecified atom stereocenters. The second-order valence-corrected chi connectivity index (χ2v) is 8.55. The van der Waals surface area contributed by atoms with Crippen molar-refractivity contribution >= 4 is 11.9 Å². The summed E-state index contributed by atoms with van der Waals surface area (Å²) in [6.07, 6.45) is 9.33. The van der Waals surface area contributed by atoms with Crippen LogP contribution in [-0.4, -0.2) is 47.0 Å². The van der Waals surface area contributed by atoms with E-state index in [0.717, 1.165) is 44.6 Å². The van der Waals surface area contributed by atoms with E-state index in [2.05, 4.69) is 50.1 Å². The van der Waals surface area contributed by atoms with Gasteiger partial charge in [-0.15, -0.1) is 0 Å². The summed E-state index contributed by atoms with van der Waals surface area (Å²) < 4.78 is 5.57. The Morgan fingerprint density at radius 3 is 2.70 bits per heavy atom. The molecule has 6 nitrogen and oxygen atoms in total. The highest BCUT2D eigenvalue weighted by atomic mass is 16.4. The summed E-state index contributed by atoms with van der Waals surface area (Å²) in [7, 11) is 0. The maximum Gasteiger partial charge on any atom is 0.297 e. The van der Waals surface area contributed by atoms with Gasteiger partial charge in [0, 0.05) is 49.9 Å². The van der Waals surface area contributed by atoms with E-state index in [1.165, 1.54) is 5.56 Å². The van der Waals surface area contributed by atoms with Crippen molar-refractivity contribution < 1.29 is 9.21 Å². The third-order valence-corrected chi connectivity index (χ3v) is 6.63. The number of carbonyl (C=O) groups excluding carboxylic acids is 1. The zero-order chi connectivity index (χ0) is 20.4. The number of aryl methyl sites for hydroxylation is 1. The van der Waals surface area contributed by atoms with Gasteiger partial charge in [-0.2, -0.15) is 0 Å². The van der Waals surface area contributed by atoms with Crippen molar-refractivity contribution in [2.45, 2.75) is 19.3 Å². The summed E-state index contributed by atoms with van der Waals surface area (Å²) in [5, 5.41) is 0. The number of anilines is 1. The monoisotopic (exact) mass is 402 g/mol. The number of pyridine rings is 1. The molecule has 3 aromatic rings. The maximum atomic E-state index is 13.0. The van der Waals surface area contributed by atoms with Crippen LogP contribution in [0.25, 0.3) is 0 Å². The molecule has 0 spiro atoms. The number of amides is 1. The summed E-state index contributed by atoms with van der Waals surface area (Å²) in [5.41, 5.74) is 2.38. The highest BCUT2D eigenvalue weighted by Gasteiger charge is 2.53. The Morgan fingerprint density at radius 2 is 1.93 bits per heavy atom. The standard InChI is InChI=1S/C24H26N4O2/c29-22(13-20-7-4-10-25-14-20)27-15-21-16-28(23-26-11-12-30-23)18-24(21,17-27)9-8-19-5-2-1-3-6-19/h1-7,10-12,14,21H,8-9,13,15-18H2/t21-,24+/m1/s1. The fourth-order valence-corrected chi connectivity index (χ4v) is 5.07. The lowest BCUT2D eigenvalue weighted by molar-refractivity contribution is -0.129. The number of nitrogens with zero attached hydrogens (tertiary/aromatic N) is 4. The summed E-state index contributed by atoms with van der Waals surface area (Å²) in [4.78, 5) is 25.8. The average molecular weight is 402 g/mol. The molecule has 1 amide bonds. The minimum absolute atomic E-state index is 0.0644. The first kappa shape index (κ1) is 18.9. The van der Waals surface area contributed by atoms with Crippen LogP contribution in [0.1, 0.15) is 17.5 Å². The van der Waals surface area contributed by atoms with Gasteiger partial charge in [0.05, 0.1) is 12.6 Å². The zero-order valence-electron chi connectivity index (χ0n) is 17.0. The molecule has 2 aliphatic rings. The summed E-state index contributed by atoms with van der Waals surface area (Å²) in [6.45, 7) is 3.35. The van der Waals surface area contributed by atoms with Crippen molar-refractivity contribution in [3.63, 3.8) is 0 Å². The molecule has 1 aromatic carbocycles. The van der Waals surface area contributed by atoms with Gasteiger partial charge in [-0.05, 0) is 30.0 Å². The largest absolute Gasteiger partial charge is 0.432 e. The van der Waals surface area contributed by atoms with Crippen molar-refractivity contribution in [1.82, 2.24) is 14.9 Å². The number of benzene rings is 1. The van der Waals surface area contributed by atoms with Crippen LogP contribution in [0.4, 0.5) is 6.01 Å². The van der Waals surface area contributed by atoms with Crippen LogP contribution in [0, 0.1) is 11.3 Å². The molecule has 2 saturated heterocycles. The normalized spacial score (nSPS) is 23.0. The molecule has 0 N–H and O–H groups in total. The predicted molar refractivity (Wildman–Crippen MR) is 114 cm³/mol. The molecule has 154 valence electrons. The highest BCUT2D eigenvalue weighted by molar-refractivity contribution is 5.79. The van der Waals surface area contributed by atoms with Crippen LogP contribution in [0.2, 0.25) is 0 Å². The lowest BCUT2D eigenvalue weighted by Gasteiger charge is -2.29. The Kier molecular flexibility index (Phi) is 4.99. The smallest absolute Gasteiger partial charge is 0.297 e. The molecule has 2 atom stereocenters. The fraction of sp³-hybridized carbons (Fsp3) is 0.375. The van der Waals surface area contributed by atoms with Crippen molar-refractivity contribution in [3.8, 4) is 0 Å². The number of fused-ring (bicyclic) bond motifs is 1. The lowest BCUT2D eigenvalue weighted by Crippen LogP contribution is -2.38. The van der Waals surface area contributed by atoms with E-state index < -0.39 is 0 Å². The van der Waals surface area contributed by atoms with Gasteiger partial charge in [0.25, 0.3) is 6.01 Å². The van der Waals surface area contributed by atoms with Crippen molar-refractivity contribution in [1.29, 1.82) is 0 Å². The van der Waals surface area contributed by atoms with Crippen LogP contribution in [0.15, 0.2) is 71.7 Å². The second-order valence-electron chi connectivity index (χ2n) is 8.55. The molecule has 2 aromatic heterocycles. The van der Waals surface area contributed by atoms with Gasteiger partial charge < -0.3 is 14.2 Å². The van der Waals surface area contributed by atoms with E-state index in [1.807, 2.05) is 12.1 Å². The average Bonchev–Trinajstić information content (AvgIpc) is 3.48. The van der Waals surface area contributed by atoms with Gasteiger partial charge in [0.15, 0.2) is 0 Å². The molecule has 0 aliphatic carbocycles. The van der Waals surface area contributed by atoms with E-state index in [-0.39, 0.29) is 11.3 Å². The number of hydrogen-bond donors (Lipinski definition) is 0. The van der Waals surface area contributed by atoms with Gasteiger partial charge >= 0.3 is 0 Å². The number of rotatable bonds is 6. The van der Waals surface area contributed by atoms with Crippen molar-refractivity contribution in [3.05, 3.63) is 78.4 Å². The Balaban J connectivity index is 1.33. The molecule has 0 saturated carbocycles. The lowest BCUT2D eigenvalue weighted by atomic mass is 9.76. The van der Waals surface area contributed by atoms with Crippen molar-refractivity contribution in [2.24, 2.45) is 11.3 Å². The SMILES string of the molecule is O=C(Cc1cccnc1)N1C[C@@H]2CN(c3ncco3)C[C@]2(CCc2ccccc2)C1. The van der Waals surface area contributed by atoms with Gasteiger partial charge in [0.1, 0.15) is 6.26 Å². The second kappa shape index (κ2) is 7.94. The molecule has 0 bridgehead atoms. The number of likely N-dealkylation sites (tertiary alicyclic amines) is 1. The Bertz CT molecular complexity index is 977. The van der Waals surface area contributed by atoms with Gasteiger partial charge in [-0.3, -0.25) is 9.78 Å². The van der Waals surface area contributed by atoms with Gasteiger partial charge in [0.2, 0.25) is 5.91 Å². The van der Waals surface area contributed by atoms with Crippen LogP contribution < -0.4 is 4.90 Å². The molecule has 4 heterocycles. The molecular formula is C24H26N4O2. The first-order valence-corrected chi connectivity index (χ1v) is 10.6. The summed E-state index contributed by atoms with van der Waals surface area (Å²) in [6, 6.07) is 15.2. The van der Waals surface area contributed by atoms with E-state index in [4.69, 9.17) is 4.42 Å². The third-order valence-electron chi connectivity index (χ3n) is 6.63. The quantitative estimate of drug-likeness (QED) is 0.634.